The van der Waals surface area contributed by atoms with Crippen molar-refractivity contribution in [2.45, 2.75) is 20.8 Å². The molecule has 0 heterocycles. The SMILES string of the molecule is CC(C)C.NNCCOCCOCCNC=O. The molecular formula is C11H27N3O3. The van der Waals surface area contributed by atoms with E-state index in [1.165, 1.54) is 0 Å². The minimum atomic E-state index is 0.511. The lowest BCUT2D eigenvalue weighted by molar-refractivity contribution is -0.109. The van der Waals surface area contributed by atoms with Crippen LogP contribution in [0.4, 0.5) is 0 Å². The number of hydrogen-bond donors (Lipinski definition) is 3. The van der Waals surface area contributed by atoms with E-state index in [-0.39, 0.29) is 0 Å². The monoisotopic (exact) mass is 249 g/mol. The molecule has 6 heteroatoms. The Bertz CT molecular complexity index is 143. The van der Waals surface area contributed by atoms with E-state index in [1.54, 1.807) is 0 Å². The molecule has 0 aromatic heterocycles. The summed E-state index contributed by atoms with van der Waals surface area (Å²) in [6, 6.07) is 0. The van der Waals surface area contributed by atoms with Crippen molar-refractivity contribution >= 4 is 6.41 Å². The number of ether oxygens (including phenoxy) is 2. The van der Waals surface area contributed by atoms with Gasteiger partial charge < -0.3 is 14.8 Å². The molecule has 1 amide bonds. The molecule has 0 atom stereocenters. The summed E-state index contributed by atoms with van der Waals surface area (Å²) in [7, 11) is 0. The molecule has 0 spiro atoms. The van der Waals surface area contributed by atoms with E-state index in [0.717, 1.165) is 5.92 Å². The Kier molecular flexibility index (Phi) is 19.4. The quantitative estimate of drug-likeness (QED) is 0.218. The molecule has 0 saturated heterocycles. The van der Waals surface area contributed by atoms with Crippen molar-refractivity contribution in [1.29, 1.82) is 0 Å². The van der Waals surface area contributed by atoms with Gasteiger partial charge in [-0.3, -0.25) is 16.1 Å². The average molecular weight is 249 g/mol. The van der Waals surface area contributed by atoms with Crippen LogP contribution in [0.3, 0.4) is 0 Å². The number of nitrogens with one attached hydrogen (secondary N) is 2. The van der Waals surface area contributed by atoms with E-state index in [1.807, 2.05) is 0 Å². The molecule has 17 heavy (non-hydrogen) atoms. The van der Waals surface area contributed by atoms with Gasteiger partial charge in [0.25, 0.3) is 0 Å². The zero-order valence-corrected chi connectivity index (χ0v) is 11.2. The maximum atomic E-state index is 9.80. The molecular weight excluding hydrogens is 222 g/mol. The zero-order chi connectivity index (χ0) is 13.4. The number of hydrogen-bond acceptors (Lipinski definition) is 5. The number of carbonyl (C=O) groups is 1. The summed E-state index contributed by atoms with van der Waals surface area (Å²) < 4.78 is 10.2. The van der Waals surface area contributed by atoms with Crippen LogP contribution in [0.25, 0.3) is 0 Å². The van der Waals surface area contributed by atoms with Crippen LogP contribution in [-0.4, -0.2) is 45.9 Å². The third kappa shape index (κ3) is 31.3. The van der Waals surface area contributed by atoms with Gasteiger partial charge in [0.1, 0.15) is 0 Å². The van der Waals surface area contributed by atoms with Crippen LogP contribution in [0, 0.1) is 5.92 Å². The predicted molar refractivity (Wildman–Crippen MR) is 68.4 cm³/mol. The molecule has 0 rings (SSSR count). The average Bonchev–Trinajstić information content (AvgIpc) is 2.26. The summed E-state index contributed by atoms with van der Waals surface area (Å²) in [4.78, 5) is 9.80. The lowest BCUT2D eigenvalue weighted by Gasteiger charge is -2.04. The Hall–Kier alpha value is -0.690. The van der Waals surface area contributed by atoms with Crippen LogP contribution in [0.15, 0.2) is 0 Å². The van der Waals surface area contributed by atoms with E-state index >= 15 is 0 Å². The second kappa shape index (κ2) is 17.7. The summed E-state index contributed by atoms with van der Waals surface area (Å²) in [6.07, 6.45) is 0.646. The molecule has 6 nitrogen and oxygen atoms in total. The minimum Gasteiger partial charge on any atom is -0.378 e. The highest BCUT2D eigenvalue weighted by molar-refractivity contribution is 5.45. The molecule has 0 aromatic carbocycles. The highest BCUT2D eigenvalue weighted by atomic mass is 16.5. The van der Waals surface area contributed by atoms with Gasteiger partial charge in [0.15, 0.2) is 0 Å². The molecule has 0 bridgehead atoms. The predicted octanol–water partition coefficient (Wildman–Crippen LogP) is -0.109. The summed E-state index contributed by atoms with van der Waals surface area (Å²) in [5.74, 6) is 5.86. The number of rotatable bonds is 10. The van der Waals surface area contributed by atoms with E-state index in [9.17, 15) is 4.79 Å². The van der Waals surface area contributed by atoms with E-state index in [2.05, 4.69) is 31.5 Å². The molecule has 0 radical (unpaired) electrons. The summed E-state index contributed by atoms with van der Waals surface area (Å²) in [6.45, 7) is 9.83. The lowest BCUT2D eigenvalue weighted by atomic mass is 10.3. The smallest absolute Gasteiger partial charge is 0.207 e. The van der Waals surface area contributed by atoms with Crippen LogP contribution < -0.4 is 16.6 Å². The van der Waals surface area contributed by atoms with Crippen LogP contribution >= 0.6 is 0 Å². The van der Waals surface area contributed by atoms with Crippen molar-refractivity contribution in [2.24, 2.45) is 11.8 Å². The van der Waals surface area contributed by atoms with Gasteiger partial charge in [-0.15, -0.1) is 0 Å². The maximum Gasteiger partial charge on any atom is 0.207 e. The van der Waals surface area contributed by atoms with Gasteiger partial charge in [-0.2, -0.15) is 0 Å². The fourth-order valence-electron chi connectivity index (χ4n) is 0.643. The third-order valence-corrected chi connectivity index (χ3v) is 1.24. The van der Waals surface area contributed by atoms with Gasteiger partial charge in [-0.1, -0.05) is 20.8 Å². The van der Waals surface area contributed by atoms with Crippen molar-refractivity contribution in [1.82, 2.24) is 10.7 Å². The van der Waals surface area contributed by atoms with E-state index in [0.29, 0.717) is 45.9 Å². The van der Waals surface area contributed by atoms with Crippen LogP contribution in [0.2, 0.25) is 0 Å². The zero-order valence-electron chi connectivity index (χ0n) is 11.2. The van der Waals surface area contributed by atoms with Crippen LogP contribution in [0.5, 0.6) is 0 Å². The van der Waals surface area contributed by atoms with Gasteiger partial charge in [-0.05, 0) is 5.92 Å². The van der Waals surface area contributed by atoms with E-state index < -0.39 is 0 Å². The van der Waals surface area contributed by atoms with Crippen molar-refractivity contribution in [3.05, 3.63) is 0 Å². The van der Waals surface area contributed by atoms with Gasteiger partial charge >= 0.3 is 0 Å². The summed E-state index contributed by atoms with van der Waals surface area (Å²) in [5.41, 5.74) is 2.47. The second-order valence-electron chi connectivity index (χ2n) is 3.98. The number of carbonyl (C=O) groups excluding carboxylic acids is 1. The lowest BCUT2D eigenvalue weighted by Crippen LogP contribution is -2.27. The van der Waals surface area contributed by atoms with Crippen molar-refractivity contribution in [3.8, 4) is 0 Å². The molecule has 4 N–H and O–H groups in total. The first-order valence-corrected chi connectivity index (χ1v) is 5.91. The van der Waals surface area contributed by atoms with Gasteiger partial charge in [0.05, 0.1) is 26.4 Å². The fraction of sp³-hybridized carbons (Fsp3) is 0.909. The second-order valence-corrected chi connectivity index (χ2v) is 3.98. The van der Waals surface area contributed by atoms with Gasteiger partial charge in [0.2, 0.25) is 6.41 Å². The van der Waals surface area contributed by atoms with Crippen molar-refractivity contribution in [2.75, 3.05) is 39.5 Å². The first-order valence-electron chi connectivity index (χ1n) is 5.91. The molecule has 0 aliphatic heterocycles. The highest BCUT2D eigenvalue weighted by Gasteiger charge is 1.88. The Morgan fingerprint density at radius 1 is 1.06 bits per heavy atom. The number of nitrogens with two attached hydrogens (primary N) is 1. The topological polar surface area (TPSA) is 85.6 Å². The largest absolute Gasteiger partial charge is 0.378 e. The van der Waals surface area contributed by atoms with Gasteiger partial charge in [-0.25, -0.2) is 0 Å². The molecule has 0 fully saturated rings. The normalized spacial score (nSPS) is 9.71. The summed E-state index contributed by atoms with van der Waals surface area (Å²) >= 11 is 0. The Balaban J connectivity index is 0. The first-order chi connectivity index (χ1) is 8.15. The fourth-order valence-corrected chi connectivity index (χ4v) is 0.643. The molecule has 0 aliphatic rings. The van der Waals surface area contributed by atoms with Crippen molar-refractivity contribution in [3.63, 3.8) is 0 Å². The molecule has 0 saturated carbocycles. The van der Waals surface area contributed by atoms with Gasteiger partial charge in [0, 0.05) is 13.1 Å². The molecule has 0 aromatic rings. The molecule has 0 unspecified atom stereocenters. The van der Waals surface area contributed by atoms with E-state index in [4.69, 9.17) is 15.3 Å². The number of hydrazine groups is 1. The van der Waals surface area contributed by atoms with Crippen LogP contribution in [-0.2, 0) is 14.3 Å². The highest BCUT2D eigenvalue weighted by Crippen LogP contribution is 1.81. The third-order valence-electron chi connectivity index (χ3n) is 1.24. The number of amides is 1. The molecule has 0 aliphatic carbocycles. The standard InChI is InChI=1S/C7H17N3O3.C4H10/c8-10-2-4-13-6-5-12-3-1-9-7-11;1-4(2)3/h7,10H,1-6,8H2,(H,9,11);4H,1-3H3. The minimum absolute atomic E-state index is 0.511. The first kappa shape index (κ1) is 18.7. The Morgan fingerprint density at radius 3 is 1.94 bits per heavy atom. The Morgan fingerprint density at radius 2 is 1.53 bits per heavy atom. The van der Waals surface area contributed by atoms with Crippen molar-refractivity contribution < 1.29 is 14.3 Å². The Labute approximate surface area is 104 Å². The summed E-state index contributed by atoms with van der Waals surface area (Å²) in [5, 5.41) is 2.49. The molecule has 104 valence electrons. The maximum absolute atomic E-state index is 9.80. The van der Waals surface area contributed by atoms with Crippen LogP contribution in [0.1, 0.15) is 20.8 Å².